The minimum absolute atomic E-state index is 0.103. The van der Waals surface area contributed by atoms with E-state index in [1.165, 1.54) is 5.56 Å². The molecule has 2 aromatic rings. The molecule has 1 N–H and O–H groups in total. The monoisotopic (exact) mass is 357 g/mol. The van der Waals surface area contributed by atoms with Crippen LogP contribution >= 0.6 is 11.6 Å². The van der Waals surface area contributed by atoms with Gasteiger partial charge in [-0.25, -0.2) is 0 Å². The lowest BCUT2D eigenvalue weighted by atomic mass is 10.2. The molecule has 0 aliphatic carbocycles. The highest BCUT2D eigenvalue weighted by atomic mass is 35.5. The maximum Gasteiger partial charge on any atom is 0.252 e. The Morgan fingerprint density at radius 2 is 1.56 bits per heavy atom. The molecule has 0 saturated carbocycles. The molecule has 1 amide bonds. The van der Waals surface area contributed by atoms with Gasteiger partial charge >= 0.3 is 0 Å². The first kappa shape index (κ1) is 17.9. The predicted molar refractivity (Wildman–Crippen MR) is 102 cm³/mol. The summed E-state index contributed by atoms with van der Waals surface area (Å²) in [6.07, 6.45) is 0. The molecule has 1 aliphatic heterocycles. The van der Waals surface area contributed by atoms with Crippen LogP contribution in [0.3, 0.4) is 0 Å². The van der Waals surface area contributed by atoms with Crippen LogP contribution in [0, 0.1) is 0 Å². The van der Waals surface area contributed by atoms with Gasteiger partial charge in [0.15, 0.2) is 0 Å². The van der Waals surface area contributed by atoms with Crippen LogP contribution in [0.4, 0.5) is 0 Å². The van der Waals surface area contributed by atoms with Gasteiger partial charge in [-0.1, -0.05) is 54.1 Å². The number of nitrogens with one attached hydrogen (secondary N) is 1. The summed E-state index contributed by atoms with van der Waals surface area (Å²) < 4.78 is 0. The minimum atomic E-state index is -0.103. The number of benzene rings is 2. The fourth-order valence-corrected chi connectivity index (χ4v) is 3.30. The average Bonchev–Trinajstić information content (AvgIpc) is 2.64. The van der Waals surface area contributed by atoms with Gasteiger partial charge in [0, 0.05) is 45.8 Å². The smallest absolute Gasteiger partial charge is 0.252 e. The first-order chi connectivity index (χ1) is 12.2. The number of rotatable bonds is 6. The highest BCUT2D eigenvalue weighted by Crippen LogP contribution is 2.14. The lowest BCUT2D eigenvalue weighted by molar-refractivity contribution is 0.0934. The Morgan fingerprint density at radius 3 is 2.28 bits per heavy atom. The summed E-state index contributed by atoms with van der Waals surface area (Å²) >= 11 is 6.05. The second-order valence-electron chi connectivity index (χ2n) is 6.34. The van der Waals surface area contributed by atoms with E-state index in [2.05, 4.69) is 45.4 Å². The molecular formula is C20H24ClN3O. The van der Waals surface area contributed by atoms with Crippen molar-refractivity contribution in [3.63, 3.8) is 0 Å². The number of nitrogens with zero attached hydrogens (tertiary/aromatic N) is 2. The number of halogens is 1. The Bertz CT molecular complexity index is 684. The minimum Gasteiger partial charge on any atom is -0.351 e. The van der Waals surface area contributed by atoms with Crippen molar-refractivity contribution in [1.82, 2.24) is 15.1 Å². The van der Waals surface area contributed by atoms with Crippen LogP contribution < -0.4 is 5.32 Å². The summed E-state index contributed by atoms with van der Waals surface area (Å²) in [7, 11) is 0. The quantitative estimate of drug-likeness (QED) is 0.863. The molecule has 1 saturated heterocycles. The standard InChI is InChI=1S/C20H24ClN3O/c21-19-9-5-4-8-18(19)20(25)22-10-11-23-12-14-24(15-13-23)16-17-6-2-1-3-7-17/h1-9H,10-16H2,(H,22,25). The number of piperazine rings is 1. The molecule has 0 bridgehead atoms. The van der Waals surface area contributed by atoms with Crippen molar-refractivity contribution in [2.75, 3.05) is 39.3 Å². The van der Waals surface area contributed by atoms with Crippen molar-refractivity contribution in [2.45, 2.75) is 6.54 Å². The van der Waals surface area contributed by atoms with Crippen LogP contribution in [0.5, 0.6) is 0 Å². The van der Waals surface area contributed by atoms with Crippen molar-refractivity contribution >= 4 is 17.5 Å². The summed E-state index contributed by atoms with van der Waals surface area (Å²) in [5.41, 5.74) is 1.90. The van der Waals surface area contributed by atoms with E-state index in [1.54, 1.807) is 12.1 Å². The second-order valence-corrected chi connectivity index (χ2v) is 6.75. The van der Waals surface area contributed by atoms with Crippen LogP contribution in [0.1, 0.15) is 15.9 Å². The Labute approximate surface area is 154 Å². The van der Waals surface area contributed by atoms with Gasteiger partial charge in [-0.3, -0.25) is 14.6 Å². The van der Waals surface area contributed by atoms with E-state index in [0.29, 0.717) is 17.1 Å². The van der Waals surface area contributed by atoms with Gasteiger partial charge in [-0.2, -0.15) is 0 Å². The Hall–Kier alpha value is -1.88. The van der Waals surface area contributed by atoms with E-state index >= 15 is 0 Å². The maximum atomic E-state index is 12.1. The van der Waals surface area contributed by atoms with Crippen molar-refractivity contribution in [1.29, 1.82) is 0 Å². The van der Waals surface area contributed by atoms with Crippen LogP contribution in [0.25, 0.3) is 0 Å². The molecule has 0 spiro atoms. The van der Waals surface area contributed by atoms with Crippen molar-refractivity contribution in [3.05, 3.63) is 70.7 Å². The normalized spacial score (nSPS) is 15.9. The molecule has 1 aliphatic rings. The molecule has 132 valence electrons. The van der Waals surface area contributed by atoms with E-state index in [-0.39, 0.29) is 5.91 Å². The molecule has 0 aromatic heterocycles. The first-order valence-corrected chi connectivity index (χ1v) is 9.11. The van der Waals surface area contributed by atoms with Crippen molar-refractivity contribution in [2.24, 2.45) is 0 Å². The van der Waals surface area contributed by atoms with Crippen LogP contribution in [-0.2, 0) is 6.54 Å². The number of carbonyl (C=O) groups is 1. The van der Waals surface area contributed by atoms with Gasteiger partial charge in [0.2, 0.25) is 0 Å². The lowest BCUT2D eigenvalue weighted by Gasteiger charge is -2.34. The van der Waals surface area contributed by atoms with Gasteiger partial charge < -0.3 is 5.32 Å². The maximum absolute atomic E-state index is 12.1. The van der Waals surface area contributed by atoms with E-state index in [9.17, 15) is 4.79 Å². The number of hydrogen-bond donors (Lipinski definition) is 1. The zero-order valence-electron chi connectivity index (χ0n) is 14.3. The molecule has 0 radical (unpaired) electrons. The van der Waals surface area contributed by atoms with Crippen LogP contribution in [0.2, 0.25) is 5.02 Å². The summed E-state index contributed by atoms with van der Waals surface area (Å²) in [5.74, 6) is -0.103. The molecule has 3 rings (SSSR count). The van der Waals surface area contributed by atoms with Crippen LogP contribution in [0.15, 0.2) is 54.6 Å². The molecular weight excluding hydrogens is 334 g/mol. The van der Waals surface area contributed by atoms with Crippen LogP contribution in [-0.4, -0.2) is 55.0 Å². The first-order valence-electron chi connectivity index (χ1n) is 8.74. The second kappa shape index (κ2) is 8.99. The Kier molecular flexibility index (Phi) is 6.45. The van der Waals surface area contributed by atoms with Gasteiger partial charge in [-0.05, 0) is 17.7 Å². The Morgan fingerprint density at radius 1 is 0.920 bits per heavy atom. The predicted octanol–water partition coefficient (Wildman–Crippen LogP) is 2.89. The topological polar surface area (TPSA) is 35.6 Å². The largest absolute Gasteiger partial charge is 0.351 e. The molecule has 0 atom stereocenters. The fraction of sp³-hybridized carbons (Fsp3) is 0.350. The Balaban J connectivity index is 1.37. The third kappa shape index (κ3) is 5.30. The number of hydrogen-bond acceptors (Lipinski definition) is 3. The average molecular weight is 358 g/mol. The fourth-order valence-electron chi connectivity index (χ4n) is 3.08. The highest BCUT2D eigenvalue weighted by Gasteiger charge is 2.17. The van der Waals surface area contributed by atoms with Gasteiger partial charge in [-0.15, -0.1) is 0 Å². The molecule has 2 aromatic carbocycles. The molecule has 0 unspecified atom stereocenters. The summed E-state index contributed by atoms with van der Waals surface area (Å²) in [6, 6.07) is 17.7. The summed E-state index contributed by atoms with van der Waals surface area (Å²) in [5, 5.41) is 3.45. The summed E-state index contributed by atoms with van der Waals surface area (Å²) in [4.78, 5) is 17.0. The third-order valence-electron chi connectivity index (χ3n) is 4.55. The van der Waals surface area contributed by atoms with E-state index < -0.39 is 0 Å². The SMILES string of the molecule is O=C(NCCN1CCN(Cc2ccccc2)CC1)c1ccccc1Cl. The molecule has 5 heteroatoms. The zero-order chi connectivity index (χ0) is 17.5. The van der Waals surface area contributed by atoms with Crippen molar-refractivity contribution < 1.29 is 4.79 Å². The zero-order valence-corrected chi connectivity index (χ0v) is 15.1. The highest BCUT2D eigenvalue weighted by molar-refractivity contribution is 6.33. The van der Waals surface area contributed by atoms with Gasteiger partial charge in [0.1, 0.15) is 0 Å². The van der Waals surface area contributed by atoms with E-state index in [4.69, 9.17) is 11.6 Å². The van der Waals surface area contributed by atoms with E-state index in [1.807, 2.05) is 12.1 Å². The lowest BCUT2D eigenvalue weighted by Crippen LogP contribution is -2.48. The van der Waals surface area contributed by atoms with Gasteiger partial charge in [0.25, 0.3) is 5.91 Å². The van der Waals surface area contributed by atoms with Gasteiger partial charge in [0.05, 0.1) is 10.6 Å². The van der Waals surface area contributed by atoms with Crippen molar-refractivity contribution in [3.8, 4) is 0 Å². The van der Waals surface area contributed by atoms with E-state index in [0.717, 1.165) is 39.3 Å². The third-order valence-corrected chi connectivity index (χ3v) is 4.88. The molecule has 1 heterocycles. The molecule has 4 nitrogen and oxygen atoms in total. The molecule has 1 fully saturated rings. The number of carbonyl (C=O) groups excluding carboxylic acids is 1. The summed E-state index contributed by atoms with van der Waals surface area (Å²) in [6.45, 7) is 6.72. The molecule has 25 heavy (non-hydrogen) atoms. The number of amides is 1.